The summed E-state index contributed by atoms with van der Waals surface area (Å²) in [6.07, 6.45) is 4.98. The van der Waals surface area contributed by atoms with E-state index in [9.17, 15) is 9.59 Å². The van der Waals surface area contributed by atoms with Crippen molar-refractivity contribution < 1.29 is 28.8 Å². The van der Waals surface area contributed by atoms with Crippen molar-refractivity contribution in [1.82, 2.24) is 5.32 Å². The number of pyridine rings is 1. The lowest BCUT2D eigenvalue weighted by Gasteiger charge is -2.37. The summed E-state index contributed by atoms with van der Waals surface area (Å²) in [5.74, 6) is 1.58. The van der Waals surface area contributed by atoms with Gasteiger partial charge in [-0.2, -0.15) is 0 Å². The number of aromatic nitrogens is 1. The second kappa shape index (κ2) is 11.7. The number of hydrogen-bond donors (Lipinski definition) is 2. The molecule has 8 nitrogen and oxygen atoms in total. The summed E-state index contributed by atoms with van der Waals surface area (Å²) in [5, 5.41) is 6.36. The van der Waals surface area contributed by atoms with Gasteiger partial charge in [0.05, 0.1) is 31.9 Å². The minimum Gasteiger partial charge on any atom is -0.497 e. The van der Waals surface area contributed by atoms with Gasteiger partial charge in [0.2, 0.25) is 0 Å². The maximum absolute atomic E-state index is 13.8. The first-order chi connectivity index (χ1) is 19.4. The van der Waals surface area contributed by atoms with E-state index >= 15 is 0 Å². The van der Waals surface area contributed by atoms with Gasteiger partial charge in [-0.25, -0.2) is 15.1 Å². The number of ether oxygens (including phenoxy) is 3. The van der Waals surface area contributed by atoms with Crippen molar-refractivity contribution in [2.24, 2.45) is 5.92 Å². The largest absolute Gasteiger partial charge is 0.497 e. The number of aromatic amines is 1. The third kappa shape index (κ3) is 5.57. The van der Waals surface area contributed by atoms with Crippen molar-refractivity contribution >= 4 is 17.5 Å². The molecule has 0 bridgehead atoms. The number of H-pyrrole nitrogens is 1. The number of nitrogens with one attached hydrogen (secondary N) is 3. The summed E-state index contributed by atoms with van der Waals surface area (Å²) in [5.41, 5.74) is 4.78. The first kappa shape index (κ1) is 27.0. The molecule has 1 aliphatic heterocycles. The molecule has 3 N–H and O–H groups in total. The van der Waals surface area contributed by atoms with Crippen molar-refractivity contribution in [2.75, 3.05) is 19.5 Å². The summed E-state index contributed by atoms with van der Waals surface area (Å²) in [4.78, 5) is 30.2. The molecule has 2 heterocycles. The fraction of sp³-hybridized carbons (Fsp3) is 0.281. The first-order valence-corrected chi connectivity index (χ1v) is 13.3. The maximum Gasteiger partial charge on any atom is 0.337 e. The van der Waals surface area contributed by atoms with Crippen LogP contribution in [0.4, 0.5) is 5.82 Å². The van der Waals surface area contributed by atoms with Crippen LogP contribution >= 0.6 is 0 Å². The smallest absolute Gasteiger partial charge is 0.337 e. The molecule has 40 heavy (non-hydrogen) atoms. The average Bonchev–Trinajstić information content (AvgIpc) is 2.95. The Bertz CT molecular complexity index is 1490. The molecule has 1 aliphatic carbocycles. The maximum atomic E-state index is 13.8. The summed E-state index contributed by atoms with van der Waals surface area (Å²) in [6, 6.07) is 17.0. The van der Waals surface area contributed by atoms with Gasteiger partial charge >= 0.3 is 5.91 Å². The van der Waals surface area contributed by atoms with Gasteiger partial charge in [-0.3, -0.25) is 4.79 Å². The van der Waals surface area contributed by atoms with E-state index in [0.717, 1.165) is 33.8 Å². The number of carbonyl (C=O) groups is 2. The Labute approximate surface area is 234 Å². The number of benzene rings is 2. The summed E-state index contributed by atoms with van der Waals surface area (Å²) < 4.78 is 16.9. The molecule has 2 aromatic carbocycles. The fourth-order valence-corrected chi connectivity index (χ4v) is 5.45. The van der Waals surface area contributed by atoms with E-state index in [0.29, 0.717) is 35.7 Å². The van der Waals surface area contributed by atoms with Crippen LogP contribution < -0.4 is 29.8 Å². The normalized spacial score (nSPS) is 18.3. The highest BCUT2D eigenvalue weighted by atomic mass is 16.5. The van der Waals surface area contributed by atoms with Crippen LogP contribution in [0.5, 0.6) is 17.2 Å². The predicted molar refractivity (Wildman–Crippen MR) is 151 cm³/mol. The van der Waals surface area contributed by atoms with Crippen molar-refractivity contribution in [3.05, 3.63) is 101 Å². The zero-order valence-electron chi connectivity index (χ0n) is 23.2. The second-order valence-corrected chi connectivity index (χ2v) is 10.1. The summed E-state index contributed by atoms with van der Waals surface area (Å²) in [6.45, 7) is 4.09. The average molecular weight is 541 g/mol. The molecule has 8 heteroatoms. The van der Waals surface area contributed by atoms with Crippen LogP contribution in [0.3, 0.4) is 0 Å². The molecule has 1 aromatic heterocycles. The Morgan fingerprint density at radius 1 is 1.00 bits per heavy atom. The number of anilines is 1. The van der Waals surface area contributed by atoms with Crippen LogP contribution in [0.1, 0.15) is 42.4 Å². The molecule has 0 saturated carbocycles. The number of allylic oxidation sites excluding steroid dienone is 3. The number of methoxy groups -OCH3 is 2. The Balaban J connectivity index is 1.52. The van der Waals surface area contributed by atoms with Crippen LogP contribution in [0, 0.1) is 12.8 Å². The van der Waals surface area contributed by atoms with Gasteiger partial charge in [-0.1, -0.05) is 12.1 Å². The Morgan fingerprint density at radius 3 is 2.50 bits per heavy atom. The zero-order valence-corrected chi connectivity index (χ0v) is 23.2. The van der Waals surface area contributed by atoms with E-state index in [1.165, 1.54) is 0 Å². The van der Waals surface area contributed by atoms with Crippen molar-refractivity contribution in [3.63, 3.8) is 0 Å². The molecule has 0 fully saturated rings. The zero-order chi connectivity index (χ0) is 28.2. The monoisotopic (exact) mass is 540 g/mol. The first-order valence-electron chi connectivity index (χ1n) is 13.3. The second-order valence-electron chi connectivity index (χ2n) is 10.1. The number of hydrogen-bond acceptors (Lipinski definition) is 6. The summed E-state index contributed by atoms with van der Waals surface area (Å²) in [7, 11) is 3.23. The van der Waals surface area contributed by atoms with Gasteiger partial charge in [0.15, 0.2) is 0 Å². The number of rotatable bonds is 8. The van der Waals surface area contributed by atoms with Gasteiger partial charge in [0, 0.05) is 35.4 Å². The lowest BCUT2D eigenvalue weighted by Crippen LogP contribution is -2.41. The molecule has 1 amide bonds. The summed E-state index contributed by atoms with van der Waals surface area (Å²) >= 11 is 0. The molecule has 0 saturated heterocycles. The lowest BCUT2D eigenvalue weighted by atomic mass is 9.70. The third-order valence-corrected chi connectivity index (χ3v) is 7.38. The molecule has 2 atom stereocenters. The highest BCUT2D eigenvalue weighted by molar-refractivity contribution is 6.06. The molecule has 206 valence electrons. The highest BCUT2D eigenvalue weighted by Crippen LogP contribution is 2.44. The van der Waals surface area contributed by atoms with Crippen molar-refractivity contribution in [2.45, 2.75) is 39.2 Å². The van der Waals surface area contributed by atoms with Crippen molar-refractivity contribution in [3.8, 4) is 17.2 Å². The van der Waals surface area contributed by atoms with Crippen LogP contribution in [-0.2, 0) is 16.2 Å². The lowest BCUT2D eigenvalue weighted by molar-refractivity contribution is -0.360. The molecular weight excluding hydrogens is 506 g/mol. The Kier molecular flexibility index (Phi) is 7.86. The number of fused-ring (bicyclic) bond motifs is 1. The van der Waals surface area contributed by atoms with Crippen LogP contribution in [0.2, 0.25) is 0 Å². The minimum atomic E-state index is -0.483. The SMILES string of the molecule is COc1ccc(OCc2cc(C3C(C(=O)Nc4cc(C)cc[nH+]4)=C(C)NC4=CCCC(=O)C43)ccc2OC)cc1. The number of aryl methyl sites for hydroxylation is 1. The minimum absolute atomic E-state index is 0.113. The van der Waals surface area contributed by atoms with Crippen molar-refractivity contribution in [1.29, 1.82) is 0 Å². The Hall–Kier alpha value is -4.59. The molecule has 0 radical (unpaired) electrons. The standard InChI is InChI=1S/C32H33N3O5/c1-19-14-15-33-28(16-19)35-32(37)29-20(2)34-25-6-5-7-26(36)31(25)30(29)21-8-13-27(39-4)22(17-21)18-40-24-11-9-23(38-3)10-12-24/h6,8-17,30-31,34H,5,7,18H2,1-4H3,(H,33,35,37)/p+1. The number of Topliss-reactive ketones (excluding diaryl/α,β-unsaturated/α-hetero) is 1. The van der Waals surface area contributed by atoms with Gasteiger partial charge in [-0.05, 0) is 73.9 Å². The third-order valence-electron chi connectivity index (χ3n) is 7.38. The van der Waals surface area contributed by atoms with E-state index in [-0.39, 0.29) is 18.3 Å². The van der Waals surface area contributed by atoms with E-state index in [1.807, 2.05) is 68.4 Å². The van der Waals surface area contributed by atoms with Crippen LogP contribution in [-0.4, -0.2) is 25.9 Å². The molecule has 2 unspecified atom stereocenters. The van der Waals surface area contributed by atoms with Crippen LogP contribution in [0.15, 0.2) is 83.8 Å². The van der Waals surface area contributed by atoms with E-state index in [1.54, 1.807) is 20.4 Å². The quantitative estimate of drug-likeness (QED) is 0.423. The molecule has 0 spiro atoms. The number of ketones is 1. The van der Waals surface area contributed by atoms with Gasteiger partial charge in [0.1, 0.15) is 29.6 Å². The van der Waals surface area contributed by atoms with E-state index < -0.39 is 11.8 Å². The van der Waals surface area contributed by atoms with E-state index in [2.05, 4.69) is 21.7 Å². The molecule has 2 aliphatic rings. The van der Waals surface area contributed by atoms with Gasteiger partial charge in [-0.15, -0.1) is 0 Å². The van der Waals surface area contributed by atoms with E-state index in [4.69, 9.17) is 14.2 Å². The van der Waals surface area contributed by atoms with Crippen LogP contribution in [0.25, 0.3) is 0 Å². The number of carbonyl (C=O) groups excluding carboxylic acids is 2. The van der Waals surface area contributed by atoms with Gasteiger partial charge < -0.3 is 19.5 Å². The molecular formula is C32H34N3O5+. The topological polar surface area (TPSA) is 100 Å². The molecule has 5 rings (SSSR count). The highest BCUT2D eigenvalue weighted by Gasteiger charge is 2.44. The van der Waals surface area contributed by atoms with Gasteiger partial charge in [0.25, 0.3) is 5.82 Å². The number of amides is 1. The Morgan fingerprint density at radius 2 is 1.77 bits per heavy atom. The molecule has 3 aromatic rings. The fourth-order valence-electron chi connectivity index (χ4n) is 5.45. The predicted octanol–water partition coefficient (Wildman–Crippen LogP) is 4.87.